The molecule has 0 bridgehead atoms. The third-order valence-electron chi connectivity index (χ3n) is 4.03. The largest absolute Gasteiger partial charge is 0.340 e. The summed E-state index contributed by atoms with van der Waals surface area (Å²) in [4.78, 5) is 37.2. The monoisotopic (exact) mass is 331 g/mol. The number of rotatable bonds is 4. The molecule has 0 unspecified atom stereocenters. The average molecular weight is 331 g/mol. The van der Waals surface area contributed by atoms with Gasteiger partial charge in [0.15, 0.2) is 0 Å². The molecule has 2 aliphatic rings. The second-order valence-electron chi connectivity index (χ2n) is 5.51. The van der Waals surface area contributed by atoms with Crippen molar-refractivity contribution in [3.8, 4) is 0 Å². The average Bonchev–Trinajstić information content (AvgIpc) is 2.46. The molecule has 0 atom stereocenters. The van der Waals surface area contributed by atoms with Gasteiger partial charge in [-0.05, 0) is 6.42 Å². The number of nitrogens with zero attached hydrogens (tertiary/aromatic N) is 3. The van der Waals surface area contributed by atoms with Gasteiger partial charge in [0.05, 0.1) is 5.75 Å². The zero-order chi connectivity index (χ0) is 16.3. The van der Waals surface area contributed by atoms with E-state index < -0.39 is 10.0 Å². The summed E-state index contributed by atoms with van der Waals surface area (Å²) in [6, 6.07) is 0. The zero-order valence-corrected chi connectivity index (χ0v) is 13.5. The van der Waals surface area contributed by atoms with Gasteiger partial charge in [0.25, 0.3) is 0 Å². The third kappa shape index (κ3) is 3.83. The minimum absolute atomic E-state index is 0.0680. The van der Waals surface area contributed by atoms with Crippen LogP contribution in [0.5, 0.6) is 0 Å². The summed E-state index contributed by atoms with van der Waals surface area (Å²) < 4.78 is 25.9. The number of carbonyl (C=O) groups is 3. The molecule has 2 saturated heterocycles. The highest BCUT2D eigenvalue weighted by Crippen LogP contribution is 2.14. The van der Waals surface area contributed by atoms with Gasteiger partial charge in [0, 0.05) is 52.5 Å². The van der Waals surface area contributed by atoms with Crippen molar-refractivity contribution in [2.45, 2.75) is 26.2 Å². The molecule has 0 aliphatic carbocycles. The van der Waals surface area contributed by atoms with Crippen LogP contribution in [0.15, 0.2) is 0 Å². The quantitative estimate of drug-likeness (QED) is 0.617. The number of hydrogen-bond donors (Lipinski definition) is 0. The van der Waals surface area contributed by atoms with E-state index in [0.29, 0.717) is 32.4 Å². The number of likely N-dealkylation sites (tertiary alicyclic amines) is 1. The predicted molar refractivity (Wildman–Crippen MR) is 78.2 cm³/mol. The van der Waals surface area contributed by atoms with Gasteiger partial charge < -0.3 is 4.90 Å². The van der Waals surface area contributed by atoms with Crippen LogP contribution in [0, 0.1) is 0 Å². The van der Waals surface area contributed by atoms with Crippen LogP contribution in [-0.4, -0.2) is 78.7 Å². The second kappa shape index (κ2) is 6.74. The second-order valence-corrected chi connectivity index (χ2v) is 7.60. The molecule has 0 spiro atoms. The molecule has 8 nitrogen and oxygen atoms in total. The first-order chi connectivity index (χ1) is 10.3. The molecule has 0 N–H and O–H groups in total. The van der Waals surface area contributed by atoms with Gasteiger partial charge in [0.1, 0.15) is 0 Å². The van der Waals surface area contributed by atoms with Gasteiger partial charge in [-0.15, -0.1) is 0 Å². The molecule has 0 aromatic rings. The lowest BCUT2D eigenvalue weighted by Gasteiger charge is -2.34. The SMILES string of the molecule is CC(=O)N1CCN(S(=O)(=O)CCN2C(=O)CCCC2=O)CC1. The van der Waals surface area contributed by atoms with Crippen molar-refractivity contribution in [3.05, 3.63) is 0 Å². The highest BCUT2D eigenvalue weighted by atomic mass is 32.2. The predicted octanol–water partition coefficient (Wildman–Crippen LogP) is -0.981. The minimum Gasteiger partial charge on any atom is -0.340 e. The molecule has 2 heterocycles. The first kappa shape index (κ1) is 16.9. The van der Waals surface area contributed by atoms with E-state index in [1.165, 1.54) is 11.2 Å². The van der Waals surface area contributed by atoms with Crippen LogP contribution in [-0.2, 0) is 24.4 Å². The van der Waals surface area contributed by atoms with E-state index in [9.17, 15) is 22.8 Å². The van der Waals surface area contributed by atoms with Gasteiger partial charge in [-0.3, -0.25) is 19.3 Å². The summed E-state index contributed by atoms with van der Waals surface area (Å²) in [6.45, 7) is 2.62. The summed E-state index contributed by atoms with van der Waals surface area (Å²) in [5.41, 5.74) is 0. The highest BCUT2D eigenvalue weighted by Gasteiger charge is 2.31. The number of amides is 3. The lowest BCUT2D eigenvalue weighted by molar-refractivity contribution is -0.147. The third-order valence-corrected chi connectivity index (χ3v) is 5.88. The van der Waals surface area contributed by atoms with Crippen LogP contribution in [0.25, 0.3) is 0 Å². The van der Waals surface area contributed by atoms with Gasteiger partial charge in [-0.25, -0.2) is 8.42 Å². The maximum absolute atomic E-state index is 12.3. The Bertz CT molecular complexity index is 550. The molecule has 3 amide bonds. The van der Waals surface area contributed by atoms with Crippen molar-refractivity contribution >= 4 is 27.7 Å². The van der Waals surface area contributed by atoms with E-state index in [0.717, 1.165) is 4.90 Å². The van der Waals surface area contributed by atoms with Crippen molar-refractivity contribution in [3.63, 3.8) is 0 Å². The number of sulfonamides is 1. The van der Waals surface area contributed by atoms with Gasteiger partial charge in [-0.1, -0.05) is 0 Å². The smallest absolute Gasteiger partial charge is 0.229 e. The summed E-state index contributed by atoms with van der Waals surface area (Å²) in [5, 5.41) is 0. The molecule has 22 heavy (non-hydrogen) atoms. The Balaban J connectivity index is 1.90. The van der Waals surface area contributed by atoms with Crippen LogP contribution in [0.2, 0.25) is 0 Å². The fourth-order valence-electron chi connectivity index (χ4n) is 2.67. The fourth-order valence-corrected chi connectivity index (χ4v) is 4.06. The summed E-state index contributed by atoms with van der Waals surface area (Å²) in [6.07, 6.45) is 1.13. The molecule has 9 heteroatoms. The molecule has 2 fully saturated rings. The number of piperidine rings is 1. The van der Waals surface area contributed by atoms with E-state index >= 15 is 0 Å². The Kier molecular flexibility index (Phi) is 5.17. The molecule has 0 aromatic heterocycles. The van der Waals surface area contributed by atoms with Gasteiger partial charge in [-0.2, -0.15) is 4.31 Å². The molecule has 0 aromatic carbocycles. The van der Waals surface area contributed by atoms with E-state index in [-0.39, 0.29) is 43.1 Å². The maximum atomic E-state index is 12.3. The van der Waals surface area contributed by atoms with Crippen LogP contribution >= 0.6 is 0 Å². The van der Waals surface area contributed by atoms with Crippen molar-refractivity contribution < 1.29 is 22.8 Å². The first-order valence-electron chi connectivity index (χ1n) is 7.38. The van der Waals surface area contributed by atoms with Crippen LogP contribution in [0.4, 0.5) is 0 Å². The minimum atomic E-state index is -3.53. The molecular formula is C13H21N3O5S. The van der Waals surface area contributed by atoms with E-state index in [1.54, 1.807) is 4.90 Å². The van der Waals surface area contributed by atoms with Crippen molar-refractivity contribution in [1.29, 1.82) is 0 Å². The van der Waals surface area contributed by atoms with E-state index in [1.807, 2.05) is 0 Å². The molecule has 0 saturated carbocycles. The van der Waals surface area contributed by atoms with Crippen LogP contribution in [0.3, 0.4) is 0 Å². The van der Waals surface area contributed by atoms with Crippen LogP contribution < -0.4 is 0 Å². The normalized spacial score (nSPS) is 21.3. The zero-order valence-electron chi connectivity index (χ0n) is 12.7. The Hall–Kier alpha value is -1.48. The van der Waals surface area contributed by atoms with Crippen LogP contribution in [0.1, 0.15) is 26.2 Å². The summed E-state index contributed by atoms with van der Waals surface area (Å²) in [7, 11) is -3.53. The standard InChI is InChI=1S/C13H21N3O5S/c1-11(17)14-5-7-15(8-6-14)22(20,21)10-9-16-12(18)3-2-4-13(16)19/h2-10H2,1H3. The van der Waals surface area contributed by atoms with Gasteiger partial charge >= 0.3 is 0 Å². The van der Waals surface area contributed by atoms with Gasteiger partial charge in [0.2, 0.25) is 27.7 Å². The fraction of sp³-hybridized carbons (Fsp3) is 0.769. The Morgan fingerprint density at radius 3 is 2.09 bits per heavy atom. The number of hydrogen-bond acceptors (Lipinski definition) is 5. The summed E-state index contributed by atoms with van der Waals surface area (Å²) in [5.74, 6) is -0.924. The highest BCUT2D eigenvalue weighted by molar-refractivity contribution is 7.89. The number of imide groups is 1. The van der Waals surface area contributed by atoms with E-state index in [2.05, 4.69) is 0 Å². The maximum Gasteiger partial charge on any atom is 0.229 e. The Morgan fingerprint density at radius 2 is 1.59 bits per heavy atom. The van der Waals surface area contributed by atoms with E-state index in [4.69, 9.17) is 0 Å². The summed E-state index contributed by atoms with van der Waals surface area (Å²) >= 11 is 0. The molecular weight excluding hydrogens is 310 g/mol. The molecule has 124 valence electrons. The van der Waals surface area contributed by atoms with Crippen molar-refractivity contribution in [2.24, 2.45) is 0 Å². The first-order valence-corrected chi connectivity index (χ1v) is 8.99. The Morgan fingerprint density at radius 1 is 1.05 bits per heavy atom. The van der Waals surface area contributed by atoms with Crippen molar-refractivity contribution in [2.75, 3.05) is 38.5 Å². The lowest BCUT2D eigenvalue weighted by Crippen LogP contribution is -2.51. The Labute approximate surface area is 130 Å². The number of piperazine rings is 1. The molecule has 2 rings (SSSR count). The number of carbonyl (C=O) groups excluding carboxylic acids is 3. The van der Waals surface area contributed by atoms with Crippen molar-refractivity contribution in [1.82, 2.24) is 14.1 Å². The lowest BCUT2D eigenvalue weighted by atomic mass is 10.1. The molecule has 2 aliphatic heterocycles. The molecule has 0 radical (unpaired) electrons. The topological polar surface area (TPSA) is 95.1 Å².